The first-order valence-electron chi connectivity index (χ1n) is 8.69. The zero-order valence-electron chi connectivity index (χ0n) is 14.8. The van der Waals surface area contributed by atoms with Gasteiger partial charge in [-0.25, -0.2) is 9.78 Å². The molecule has 0 spiro atoms. The van der Waals surface area contributed by atoms with Crippen LogP contribution in [-0.4, -0.2) is 90.6 Å². The second-order valence-corrected chi connectivity index (χ2v) is 8.60. The molecule has 156 valence electrons. The summed E-state index contributed by atoms with van der Waals surface area (Å²) in [7, 11) is 0. The number of thiazole rings is 1. The molecule has 5 N–H and O–H groups in total. The molecule has 1 fully saturated rings. The summed E-state index contributed by atoms with van der Waals surface area (Å²) in [6, 6.07) is 4.21. The average Bonchev–Trinajstić information content (AvgIpc) is 3.35. The fourth-order valence-corrected chi connectivity index (χ4v) is 5.08. The Kier molecular flexibility index (Phi) is 5.75. The van der Waals surface area contributed by atoms with Gasteiger partial charge in [0.05, 0.1) is 16.8 Å². The van der Waals surface area contributed by atoms with Crippen molar-refractivity contribution in [3.8, 4) is 5.75 Å². The first kappa shape index (κ1) is 20.5. The van der Waals surface area contributed by atoms with Gasteiger partial charge in [0.1, 0.15) is 40.2 Å². The highest BCUT2D eigenvalue weighted by Crippen LogP contribution is 2.32. The van der Waals surface area contributed by atoms with Crippen LogP contribution >= 0.6 is 23.1 Å². The zero-order chi connectivity index (χ0) is 20.7. The van der Waals surface area contributed by atoms with Crippen LogP contribution in [-0.2, 0) is 9.53 Å². The molecule has 3 heterocycles. The first-order chi connectivity index (χ1) is 13.9. The van der Waals surface area contributed by atoms with Gasteiger partial charge in [-0.1, -0.05) is 0 Å². The number of carbonyl (C=O) groups is 1. The van der Waals surface area contributed by atoms with Crippen molar-refractivity contribution in [1.82, 2.24) is 4.98 Å². The first-order valence-corrected chi connectivity index (χ1v) is 10.5. The molecular formula is C17H18N2O8S2. The topological polar surface area (TPSA) is 162 Å². The number of carboxylic acids is 1. The molecule has 1 aromatic heterocycles. The molecule has 0 aliphatic carbocycles. The average molecular weight is 442 g/mol. The van der Waals surface area contributed by atoms with Crippen molar-refractivity contribution < 1.29 is 39.8 Å². The minimum Gasteiger partial charge on any atom is -0.480 e. The van der Waals surface area contributed by atoms with Crippen molar-refractivity contribution >= 4 is 44.3 Å². The molecule has 1 aromatic carbocycles. The van der Waals surface area contributed by atoms with Crippen molar-refractivity contribution in [2.45, 2.75) is 36.7 Å². The zero-order valence-corrected chi connectivity index (χ0v) is 16.4. The summed E-state index contributed by atoms with van der Waals surface area (Å²) in [6.45, 7) is -0.542. The molecule has 0 unspecified atom stereocenters. The molecule has 0 saturated carbocycles. The minimum absolute atomic E-state index is 0.335. The molecule has 0 radical (unpaired) electrons. The lowest BCUT2D eigenvalue weighted by Gasteiger charge is -2.39. The van der Waals surface area contributed by atoms with Gasteiger partial charge in [-0.3, -0.25) is 4.99 Å². The largest absolute Gasteiger partial charge is 0.480 e. The normalized spacial score (nSPS) is 32.3. The van der Waals surface area contributed by atoms with E-state index in [1.54, 1.807) is 18.2 Å². The van der Waals surface area contributed by atoms with Crippen molar-refractivity contribution in [2.75, 3.05) is 12.4 Å². The number of thioether (sulfide) groups is 1. The molecule has 29 heavy (non-hydrogen) atoms. The van der Waals surface area contributed by atoms with Crippen LogP contribution in [0.15, 0.2) is 23.2 Å². The number of hydrogen-bond acceptors (Lipinski definition) is 11. The Morgan fingerprint density at radius 2 is 2.03 bits per heavy atom. The number of rotatable bonds is 5. The summed E-state index contributed by atoms with van der Waals surface area (Å²) < 4.78 is 11.7. The van der Waals surface area contributed by atoms with E-state index in [2.05, 4.69) is 9.98 Å². The maximum Gasteiger partial charge on any atom is 0.329 e. The molecule has 4 rings (SSSR count). The van der Waals surface area contributed by atoms with E-state index in [4.69, 9.17) is 14.6 Å². The van der Waals surface area contributed by atoms with E-state index in [-0.39, 0.29) is 0 Å². The van der Waals surface area contributed by atoms with E-state index in [9.17, 15) is 25.2 Å². The third kappa shape index (κ3) is 3.97. The number of carboxylic acid groups (broad SMARTS) is 1. The van der Waals surface area contributed by atoms with E-state index < -0.39 is 49.3 Å². The number of aliphatic hydroxyl groups is 4. The van der Waals surface area contributed by atoms with Crippen LogP contribution in [0.1, 0.15) is 5.01 Å². The van der Waals surface area contributed by atoms with E-state index in [0.29, 0.717) is 27.1 Å². The lowest BCUT2D eigenvalue weighted by atomic mass is 9.99. The molecule has 10 nitrogen and oxygen atoms in total. The van der Waals surface area contributed by atoms with Crippen molar-refractivity contribution in [1.29, 1.82) is 0 Å². The van der Waals surface area contributed by atoms with Crippen LogP contribution in [0.25, 0.3) is 10.2 Å². The third-order valence-electron chi connectivity index (χ3n) is 4.58. The highest BCUT2D eigenvalue weighted by atomic mass is 32.2. The maximum atomic E-state index is 11.1. The van der Waals surface area contributed by atoms with Crippen molar-refractivity contribution in [3.05, 3.63) is 23.2 Å². The van der Waals surface area contributed by atoms with Crippen LogP contribution in [0.4, 0.5) is 0 Å². The van der Waals surface area contributed by atoms with Gasteiger partial charge in [-0.05, 0) is 18.2 Å². The lowest BCUT2D eigenvalue weighted by molar-refractivity contribution is -0.277. The van der Waals surface area contributed by atoms with Crippen molar-refractivity contribution in [3.63, 3.8) is 0 Å². The molecule has 6 atom stereocenters. The van der Waals surface area contributed by atoms with E-state index in [1.807, 2.05) is 0 Å². The molecule has 0 bridgehead atoms. The standard InChI is InChI=1S/C17H18N2O8S2/c20-4-9-11(21)12(22)13(23)17(27-9)26-6-1-2-7-10(3-6)29-15(18-7)14-19-8(5-28-14)16(24)25/h1-3,8-9,11-13,17,20-23H,4-5H2,(H,24,25)/t8-,9-,11+,12-,13-,17-/m1/s1. The molecular weight excluding hydrogens is 424 g/mol. The van der Waals surface area contributed by atoms with E-state index in [1.165, 1.54) is 23.1 Å². The summed E-state index contributed by atoms with van der Waals surface area (Å²) in [4.78, 5) is 19.7. The van der Waals surface area contributed by atoms with Gasteiger partial charge < -0.3 is 35.0 Å². The Morgan fingerprint density at radius 3 is 2.72 bits per heavy atom. The van der Waals surface area contributed by atoms with Crippen LogP contribution in [0, 0.1) is 0 Å². The number of aliphatic hydroxyl groups excluding tert-OH is 4. The summed E-state index contributed by atoms with van der Waals surface area (Å²) >= 11 is 2.66. The maximum absolute atomic E-state index is 11.1. The number of ether oxygens (including phenoxy) is 2. The lowest BCUT2D eigenvalue weighted by Crippen LogP contribution is -2.60. The SMILES string of the molecule is O=C(O)[C@H]1CSC(c2nc3ccc(O[C@@H]4O[C@H](CO)[C@H](O)[C@@H](O)[C@H]4O)cc3s2)=N1. The van der Waals surface area contributed by atoms with Crippen LogP contribution < -0.4 is 4.74 Å². The van der Waals surface area contributed by atoms with Crippen LogP contribution in [0.2, 0.25) is 0 Å². The number of aliphatic imine (C=N–C) groups is 1. The van der Waals surface area contributed by atoms with Gasteiger partial charge in [-0.2, -0.15) is 0 Å². The van der Waals surface area contributed by atoms with Gasteiger partial charge in [0, 0.05) is 5.75 Å². The summed E-state index contributed by atoms with van der Waals surface area (Å²) in [5, 5.41) is 49.3. The Labute approximate surface area is 172 Å². The summed E-state index contributed by atoms with van der Waals surface area (Å²) in [6.07, 6.45) is -6.82. The Bertz CT molecular complexity index is 949. The fraction of sp³-hybridized carbons (Fsp3) is 0.471. The Balaban J connectivity index is 1.54. The number of benzene rings is 1. The minimum atomic E-state index is -1.52. The molecule has 2 aliphatic heterocycles. The number of aliphatic carboxylic acids is 1. The smallest absolute Gasteiger partial charge is 0.329 e. The Hall–Kier alpha value is -1.80. The molecule has 12 heteroatoms. The number of aromatic nitrogens is 1. The highest BCUT2D eigenvalue weighted by Gasteiger charge is 2.44. The van der Waals surface area contributed by atoms with Gasteiger partial charge in [-0.15, -0.1) is 23.1 Å². The highest BCUT2D eigenvalue weighted by molar-refractivity contribution is 8.15. The fourth-order valence-electron chi connectivity index (χ4n) is 2.99. The van der Waals surface area contributed by atoms with Gasteiger partial charge in [0.15, 0.2) is 6.04 Å². The number of nitrogens with zero attached hydrogens (tertiary/aromatic N) is 2. The number of fused-ring (bicyclic) bond motifs is 1. The van der Waals surface area contributed by atoms with E-state index in [0.717, 1.165) is 4.70 Å². The van der Waals surface area contributed by atoms with Crippen LogP contribution in [0.5, 0.6) is 5.75 Å². The monoisotopic (exact) mass is 442 g/mol. The predicted molar refractivity (Wildman–Crippen MR) is 104 cm³/mol. The number of hydrogen-bond donors (Lipinski definition) is 5. The molecule has 2 aliphatic rings. The molecule has 0 amide bonds. The third-order valence-corrected chi connectivity index (χ3v) is 6.79. The quantitative estimate of drug-likeness (QED) is 0.405. The van der Waals surface area contributed by atoms with Gasteiger partial charge in [0.2, 0.25) is 6.29 Å². The second-order valence-electron chi connectivity index (χ2n) is 6.56. The van der Waals surface area contributed by atoms with Gasteiger partial charge >= 0.3 is 5.97 Å². The predicted octanol–water partition coefficient (Wildman–Crippen LogP) is -0.578. The van der Waals surface area contributed by atoms with Crippen molar-refractivity contribution in [2.24, 2.45) is 4.99 Å². The second kappa shape index (κ2) is 8.14. The van der Waals surface area contributed by atoms with E-state index >= 15 is 0 Å². The molecule has 1 saturated heterocycles. The summed E-state index contributed by atoms with van der Waals surface area (Å²) in [5.74, 6) is -0.267. The van der Waals surface area contributed by atoms with Crippen LogP contribution in [0.3, 0.4) is 0 Å². The molecule has 2 aromatic rings. The Morgan fingerprint density at radius 1 is 1.24 bits per heavy atom. The van der Waals surface area contributed by atoms with Gasteiger partial charge in [0.25, 0.3) is 0 Å². The summed E-state index contributed by atoms with van der Waals surface area (Å²) in [5.41, 5.74) is 0.674.